The maximum Gasteiger partial charge on any atom is 0.240 e. The Balaban J connectivity index is 2.21. The van der Waals surface area contributed by atoms with Gasteiger partial charge in [0.1, 0.15) is 0 Å². The Hall–Kier alpha value is -0.660. The Labute approximate surface area is 131 Å². The van der Waals surface area contributed by atoms with Gasteiger partial charge in [-0.05, 0) is 56.6 Å². The molecule has 1 heterocycles. The molecule has 1 saturated heterocycles. The molecule has 1 aliphatic rings. The molecule has 0 spiro atoms. The van der Waals surface area contributed by atoms with Gasteiger partial charge in [0.25, 0.3) is 0 Å². The van der Waals surface area contributed by atoms with Gasteiger partial charge in [0, 0.05) is 17.6 Å². The molecule has 7 heteroatoms. The first kappa shape index (κ1) is 16.7. The summed E-state index contributed by atoms with van der Waals surface area (Å²) in [5, 5.41) is 9.60. The molecule has 1 aliphatic heterocycles. The molecule has 2 rings (SSSR count). The number of benzene rings is 1. The van der Waals surface area contributed by atoms with Crippen molar-refractivity contribution >= 4 is 21.6 Å². The predicted molar refractivity (Wildman–Crippen MR) is 83.0 cm³/mol. The fourth-order valence-corrected chi connectivity index (χ4v) is 4.36. The van der Waals surface area contributed by atoms with Crippen LogP contribution in [-0.4, -0.2) is 44.6 Å². The van der Waals surface area contributed by atoms with E-state index in [0.29, 0.717) is 22.7 Å². The summed E-state index contributed by atoms with van der Waals surface area (Å²) < 4.78 is 27.6. The van der Waals surface area contributed by atoms with E-state index in [9.17, 15) is 13.5 Å². The topological polar surface area (TPSA) is 69.6 Å². The molecule has 1 fully saturated rings. The Morgan fingerprint density at radius 1 is 1.48 bits per heavy atom. The largest absolute Gasteiger partial charge is 0.392 e. The van der Waals surface area contributed by atoms with E-state index in [1.165, 1.54) is 6.07 Å². The van der Waals surface area contributed by atoms with Crippen LogP contribution < -0.4 is 4.72 Å². The van der Waals surface area contributed by atoms with Gasteiger partial charge >= 0.3 is 0 Å². The Morgan fingerprint density at radius 2 is 2.19 bits per heavy atom. The minimum atomic E-state index is -3.63. The van der Waals surface area contributed by atoms with Gasteiger partial charge in [-0.1, -0.05) is 11.6 Å². The zero-order valence-electron chi connectivity index (χ0n) is 12.3. The molecule has 0 amide bonds. The second-order valence-corrected chi connectivity index (χ2v) is 7.65. The van der Waals surface area contributed by atoms with Gasteiger partial charge in [0.15, 0.2) is 0 Å². The number of nitrogens with one attached hydrogen (secondary N) is 1. The SMILES string of the molecule is Cc1c(CO)cc(Cl)cc1S(=O)(=O)NCC1CCCN1C. The van der Waals surface area contributed by atoms with E-state index in [-0.39, 0.29) is 17.5 Å². The molecule has 1 aromatic rings. The molecule has 118 valence electrons. The summed E-state index contributed by atoms with van der Waals surface area (Å²) in [6.45, 7) is 2.83. The number of aliphatic hydroxyl groups excluding tert-OH is 1. The Morgan fingerprint density at radius 3 is 2.76 bits per heavy atom. The summed E-state index contributed by atoms with van der Waals surface area (Å²) in [6.07, 6.45) is 2.09. The zero-order valence-corrected chi connectivity index (χ0v) is 13.8. The maximum absolute atomic E-state index is 12.5. The number of likely N-dealkylation sites (tertiary alicyclic amines) is 1. The molecule has 2 N–H and O–H groups in total. The van der Waals surface area contributed by atoms with Crippen molar-refractivity contribution in [1.82, 2.24) is 9.62 Å². The number of hydrogen-bond acceptors (Lipinski definition) is 4. The highest BCUT2D eigenvalue weighted by molar-refractivity contribution is 7.89. The second kappa shape index (κ2) is 6.62. The fourth-order valence-electron chi connectivity index (χ4n) is 2.67. The van der Waals surface area contributed by atoms with Crippen LogP contribution in [0.5, 0.6) is 0 Å². The van der Waals surface area contributed by atoms with Crippen molar-refractivity contribution in [3.05, 3.63) is 28.3 Å². The number of rotatable bonds is 5. The molecule has 0 radical (unpaired) electrons. The van der Waals surface area contributed by atoms with Crippen molar-refractivity contribution in [2.24, 2.45) is 0 Å². The van der Waals surface area contributed by atoms with Crippen LogP contribution in [0.1, 0.15) is 24.0 Å². The van der Waals surface area contributed by atoms with E-state index >= 15 is 0 Å². The summed E-state index contributed by atoms with van der Waals surface area (Å²) in [5.41, 5.74) is 1.06. The average molecular weight is 333 g/mol. The van der Waals surface area contributed by atoms with Gasteiger partial charge < -0.3 is 10.0 Å². The van der Waals surface area contributed by atoms with Crippen LogP contribution in [0.15, 0.2) is 17.0 Å². The lowest BCUT2D eigenvalue weighted by molar-refractivity contribution is 0.280. The third-order valence-electron chi connectivity index (χ3n) is 4.07. The van der Waals surface area contributed by atoms with E-state index in [0.717, 1.165) is 19.4 Å². The minimum absolute atomic E-state index is 0.139. The van der Waals surface area contributed by atoms with Crippen molar-refractivity contribution < 1.29 is 13.5 Å². The van der Waals surface area contributed by atoms with Gasteiger partial charge in [-0.25, -0.2) is 13.1 Å². The fraction of sp³-hybridized carbons (Fsp3) is 0.571. The lowest BCUT2D eigenvalue weighted by Gasteiger charge is -2.20. The Bertz CT molecular complexity index is 619. The van der Waals surface area contributed by atoms with Crippen molar-refractivity contribution in [2.45, 2.75) is 37.3 Å². The summed E-state index contributed by atoms with van der Waals surface area (Å²) in [4.78, 5) is 2.30. The zero-order chi connectivity index (χ0) is 15.6. The molecule has 1 atom stereocenters. The molecular formula is C14H21ClN2O3S. The van der Waals surface area contributed by atoms with Gasteiger partial charge in [0.2, 0.25) is 10.0 Å². The Kier molecular flexibility index (Phi) is 5.27. The summed E-state index contributed by atoms with van der Waals surface area (Å²) >= 11 is 5.95. The van der Waals surface area contributed by atoms with Gasteiger partial charge in [0.05, 0.1) is 11.5 Å². The molecule has 0 saturated carbocycles. The molecule has 0 aliphatic carbocycles. The van der Waals surface area contributed by atoms with E-state index in [1.54, 1.807) is 13.0 Å². The van der Waals surface area contributed by atoms with Gasteiger partial charge in [-0.15, -0.1) is 0 Å². The summed E-state index contributed by atoms with van der Waals surface area (Å²) in [6, 6.07) is 3.24. The monoisotopic (exact) mass is 332 g/mol. The molecule has 0 aromatic heterocycles. The second-order valence-electron chi connectivity index (χ2n) is 5.47. The first-order valence-corrected chi connectivity index (χ1v) is 8.81. The van der Waals surface area contributed by atoms with Crippen molar-refractivity contribution in [1.29, 1.82) is 0 Å². The van der Waals surface area contributed by atoms with Crippen molar-refractivity contribution in [3.8, 4) is 0 Å². The first-order chi connectivity index (χ1) is 9.85. The maximum atomic E-state index is 12.5. The predicted octanol–water partition coefficient (Wildman–Crippen LogP) is 1.51. The van der Waals surface area contributed by atoms with E-state index in [2.05, 4.69) is 9.62 Å². The lowest BCUT2D eigenvalue weighted by atomic mass is 10.1. The molecule has 0 bridgehead atoms. The first-order valence-electron chi connectivity index (χ1n) is 6.95. The molecule has 1 aromatic carbocycles. The van der Waals surface area contributed by atoms with Crippen molar-refractivity contribution in [3.63, 3.8) is 0 Å². The molecular weight excluding hydrogens is 312 g/mol. The standard InChI is InChI=1S/C14H21ClN2O3S/c1-10-11(9-18)6-12(15)7-14(10)21(19,20)16-8-13-4-3-5-17(13)2/h6-7,13,16,18H,3-5,8-9H2,1-2H3. The van der Waals surface area contributed by atoms with Crippen LogP contribution in [0.25, 0.3) is 0 Å². The molecule has 1 unspecified atom stereocenters. The van der Waals surface area contributed by atoms with Crippen LogP contribution >= 0.6 is 11.6 Å². The highest BCUT2D eigenvalue weighted by atomic mass is 35.5. The number of halogens is 1. The van der Waals surface area contributed by atoms with Crippen LogP contribution in [0.3, 0.4) is 0 Å². The average Bonchev–Trinajstić information content (AvgIpc) is 2.84. The number of sulfonamides is 1. The van der Waals surface area contributed by atoms with Gasteiger partial charge in [-0.3, -0.25) is 0 Å². The van der Waals surface area contributed by atoms with Crippen LogP contribution in [0, 0.1) is 6.92 Å². The van der Waals surface area contributed by atoms with Crippen molar-refractivity contribution in [2.75, 3.05) is 20.1 Å². The van der Waals surface area contributed by atoms with E-state index in [4.69, 9.17) is 11.6 Å². The van der Waals surface area contributed by atoms with E-state index in [1.807, 2.05) is 7.05 Å². The number of hydrogen-bond donors (Lipinski definition) is 2. The van der Waals surface area contributed by atoms with Crippen LogP contribution in [0.4, 0.5) is 0 Å². The highest BCUT2D eigenvalue weighted by Crippen LogP contribution is 2.25. The number of likely N-dealkylation sites (N-methyl/N-ethyl adjacent to an activating group) is 1. The quantitative estimate of drug-likeness (QED) is 0.857. The highest BCUT2D eigenvalue weighted by Gasteiger charge is 2.25. The normalized spacial score (nSPS) is 20.1. The van der Waals surface area contributed by atoms with Gasteiger partial charge in [-0.2, -0.15) is 0 Å². The smallest absolute Gasteiger partial charge is 0.240 e. The third-order valence-corrected chi connectivity index (χ3v) is 5.84. The minimum Gasteiger partial charge on any atom is -0.392 e. The summed E-state index contributed by atoms with van der Waals surface area (Å²) in [7, 11) is -1.63. The molecule has 21 heavy (non-hydrogen) atoms. The number of aliphatic hydroxyl groups is 1. The third kappa shape index (κ3) is 3.76. The molecule has 5 nitrogen and oxygen atoms in total. The summed E-state index contributed by atoms with van der Waals surface area (Å²) in [5.74, 6) is 0. The van der Waals surface area contributed by atoms with E-state index < -0.39 is 10.0 Å². The van der Waals surface area contributed by atoms with Crippen LogP contribution in [0.2, 0.25) is 5.02 Å². The van der Waals surface area contributed by atoms with Crippen LogP contribution in [-0.2, 0) is 16.6 Å². The number of nitrogens with zero attached hydrogens (tertiary/aromatic N) is 1. The lowest BCUT2D eigenvalue weighted by Crippen LogP contribution is -2.38.